The number of aliphatic hydroxyl groups excluding tert-OH is 1. The van der Waals surface area contributed by atoms with Crippen molar-refractivity contribution in [1.29, 1.82) is 0 Å². The summed E-state index contributed by atoms with van der Waals surface area (Å²) in [4.78, 5) is 39.5. The first kappa shape index (κ1) is 26.2. The van der Waals surface area contributed by atoms with E-state index in [-0.39, 0.29) is 11.3 Å². The van der Waals surface area contributed by atoms with E-state index in [0.29, 0.717) is 5.69 Å². The molecule has 34 heavy (non-hydrogen) atoms. The number of rotatable bonds is 7. The van der Waals surface area contributed by atoms with Crippen molar-refractivity contribution in [3.63, 3.8) is 0 Å². The van der Waals surface area contributed by atoms with Crippen LogP contribution in [0.25, 0.3) is 0 Å². The molecule has 9 nitrogen and oxygen atoms in total. The third-order valence-corrected chi connectivity index (χ3v) is 4.64. The Morgan fingerprint density at radius 3 is 2.38 bits per heavy atom. The highest BCUT2D eigenvalue weighted by Crippen LogP contribution is 2.27. The summed E-state index contributed by atoms with van der Waals surface area (Å²) >= 11 is 0. The number of benzene rings is 2. The SMILES string of the molecule is C#CN(C(=O)C(CO)NC(=O)OC(C)(C)C)C(C(=O)Nc1ccccc1C)c1cccc(O)c1. The Labute approximate surface area is 198 Å². The molecule has 9 heteroatoms. The second-order valence-electron chi connectivity index (χ2n) is 8.52. The minimum Gasteiger partial charge on any atom is -0.508 e. The molecule has 0 saturated carbocycles. The highest BCUT2D eigenvalue weighted by molar-refractivity contribution is 6.00. The van der Waals surface area contributed by atoms with Crippen molar-refractivity contribution in [3.05, 3.63) is 59.7 Å². The van der Waals surface area contributed by atoms with Crippen LogP contribution < -0.4 is 10.6 Å². The Hall–Kier alpha value is -4.03. The lowest BCUT2D eigenvalue weighted by Gasteiger charge is -2.30. The lowest BCUT2D eigenvalue weighted by molar-refractivity contribution is -0.137. The predicted molar refractivity (Wildman–Crippen MR) is 127 cm³/mol. The zero-order chi connectivity index (χ0) is 25.5. The molecule has 0 saturated heterocycles. The number of amides is 3. The van der Waals surface area contributed by atoms with E-state index in [1.54, 1.807) is 45.9 Å². The molecule has 4 N–H and O–H groups in total. The normalized spacial score (nSPS) is 12.6. The van der Waals surface area contributed by atoms with Crippen LogP contribution in [0.3, 0.4) is 0 Å². The summed E-state index contributed by atoms with van der Waals surface area (Å²) in [6.07, 6.45) is 4.69. The predicted octanol–water partition coefficient (Wildman–Crippen LogP) is 2.69. The van der Waals surface area contributed by atoms with Crippen molar-refractivity contribution in [3.8, 4) is 18.2 Å². The Morgan fingerprint density at radius 1 is 1.15 bits per heavy atom. The number of anilines is 1. The molecule has 2 aromatic rings. The Bertz CT molecular complexity index is 1090. The van der Waals surface area contributed by atoms with Gasteiger partial charge in [0.15, 0.2) is 0 Å². The van der Waals surface area contributed by atoms with E-state index >= 15 is 0 Å². The highest BCUT2D eigenvalue weighted by Gasteiger charge is 2.36. The van der Waals surface area contributed by atoms with Gasteiger partial charge in [0.05, 0.1) is 6.61 Å². The molecule has 0 aliphatic rings. The van der Waals surface area contributed by atoms with Gasteiger partial charge >= 0.3 is 6.09 Å². The van der Waals surface area contributed by atoms with Gasteiger partial charge in [-0.1, -0.05) is 36.8 Å². The van der Waals surface area contributed by atoms with Crippen LogP contribution in [0.5, 0.6) is 5.75 Å². The largest absolute Gasteiger partial charge is 0.508 e. The summed E-state index contributed by atoms with van der Waals surface area (Å²) in [6.45, 7) is 5.94. The van der Waals surface area contributed by atoms with Gasteiger partial charge in [0.1, 0.15) is 23.4 Å². The number of nitrogens with zero attached hydrogens (tertiary/aromatic N) is 1. The number of carbonyl (C=O) groups excluding carboxylic acids is 3. The third kappa shape index (κ3) is 6.98. The van der Waals surface area contributed by atoms with Gasteiger partial charge in [0.2, 0.25) is 0 Å². The van der Waals surface area contributed by atoms with Crippen LogP contribution in [0.2, 0.25) is 0 Å². The minimum atomic E-state index is -1.48. The number of aliphatic hydroxyl groups is 1. The van der Waals surface area contributed by atoms with Gasteiger partial charge < -0.3 is 25.6 Å². The van der Waals surface area contributed by atoms with Crippen molar-refractivity contribution in [2.24, 2.45) is 0 Å². The zero-order valence-electron chi connectivity index (χ0n) is 19.5. The number of carbonyl (C=O) groups is 3. The molecule has 180 valence electrons. The van der Waals surface area contributed by atoms with E-state index in [4.69, 9.17) is 11.2 Å². The molecule has 0 aliphatic carbocycles. The molecular formula is C25H29N3O6. The van der Waals surface area contributed by atoms with Crippen molar-refractivity contribution < 1.29 is 29.3 Å². The zero-order valence-corrected chi connectivity index (χ0v) is 19.5. The molecule has 0 heterocycles. The number of hydrogen-bond donors (Lipinski definition) is 4. The van der Waals surface area contributed by atoms with Crippen LogP contribution in [-0.2, 0) is 14.3 Å². The average Bonchev–Trinajstić information content (AvgIpc) is 2.75. The Balaban J connectivity index is 2.41. The summed E-state index contributed by atoms with van der Waals surface area (Å²) in [5.74, 6) is -1.70. The van der Waals surface area contributed by atoms with Gasteiger partial charge in [0, 0.05) is 11.7 Å². The first-order chi connectivity index (χ1) is 16.0. The summed E-state index contributed by atoms with van der Waals surface area (Å²) in [6, 6.07) is 12.1. The average molecular weight is 468 g/mol. The highest BCUT2D eigenvalue weighted by atomic mass is 16.6. The minimum absolute atomic E-state index is 0.138. The van der Waals surface area contributed by atoms with E-state index in [9.17, 15) is 24.6 Å². The lowest BCUT2D eigenvalue weighted by atomic mass is 10.0. The van der Waals surface area contributed by atoms with E-state index in [1.165, 1.54) is 24.3 Å². The van der Waals surface area contributed by atoms with Gasteiger partial charge in [0.25, 0.3) is 11.8 Å². The number of aryl methyl sites for hydroxylation is 1. The molecule has 2 atom stereocenters. The fraction of sp³-hybridized carbons (Fsp3) is 0.320. The van der Waals surface area contributed by atoms with E-state index in [1.807, 2.05) is 6.07 Å². The number of terminal acetylenes is 1. The van der Waals surface area contributed by atoms with Gasteiger partial charge in [-0.25, -0.2) is 4.79 Å². The van der Waals surface area contributed by atoms with Crippen LogP contribution >= 0.6 is 0 Å². The van der Waals surface area contributed by atoms with Crippen molar-refractivity contribution in [2.75, 3.05) is 11.9 Å². The Morgan fingerprint density at radius 2 is 1.82 bits per heavy atom. The van der Waals surface area contributed by atoms with E-state index in [2.05, 4.69) is 16.7 Å². The molecule has 3 amide bonds. The van der Waals surface area contributed by atoms with Gasteiger partial charge in [-0.15, -0.1) is 0 Å². The second-order valence-corrected chi connectivity index (χ2v) is 8.52. The number of phenols is 1. The van der Waals surface area contributed by atoms with Crippen molar-refractivity contribution in [1.82, 2.24) is 10.2 Å². The number of para-hydroxylation sites is 1. The molecule has 2 rings (SSSR count). The maximum atomic E-state index is 13.3. The molecule has 0 aromatic heterocycles. The standard InChI is InChI=1S/C25H29N3O6/c1-6-28(23(32)20(15-29)27-24(33)34-25(3,4)5)21(17-11-9-12-18(30)14-17)22(31)26-19-13-8-7-10-16(19)2/h1,7-14,20-21,29-30H,15H2,2-5H3,(H,26,31)(H,27,33). The van der Waals surface area contributed by atoms with Crippen LogP contribution in [0.4, 0.5) is 10.5 Å². The summed E-state index contributed by atoms with van der Waals surface area (Å²) in [5.41, 5.74) is 0.680. The number of alkyl carbamates (subject to hydrolysis) is 1. The summed E-state index contributed by atoms with van der Waals surface area (Å²) in [5, 5.41) is 24.7. The molecule has 0 fully saturated rings. The van der Waals surface area contributed by atoms with Crippen LogP contribution in [0.15, 0.2) is 48.5 Å². The number of aromatic hydroxyl groups is 1. The fourth-order valence-corrected chi connectivity index (χ4v) is 3.10. The molecule has 0 radical (unpaired) electrons. The molecule has 2 aromatic carbocycles. The number of hydrogen-bond acceptors (Lipinski definition) is 6. The maximum Gasteiger partial charge on any atom is 0.408 e. The van der Waals surface area contributed by atoms with Crippen LogP contribution in [-0.4, -0.2) is 51.3 Å². The lowest BCUT2D eigenvalue weighted by Crippen LogP contribution is -2.52. The second kappa shape index (κ2) is 11.2. The first-order valence-electron chi connectivity index (χ1n) is 10.5. The van der Waals surface area contributed by atoms with Crippen molar-refractivity contribution in [2.45, 2.75) is 45.4 Å². The Kier molecular flexibility index (Phi) is 8.64. The molecule has 0 spiro atoms. The van der Waals surface area contributed by atoms with Crippen LogP contribution in [0.1, 0.15) is 37.9 Å². The summed E-state index contributed by atoms with van der Waals surface area (Å²) in [7, 11) is 0. The molecular weight excluding hydrogens is 438 g/mol. The number of phenolic OH excluding ortho intramolecular Hbond substituents is 1. The maximum absolute atomic E-state index is 13.3. The quantitative estimate of drug-likeness (QED) is 0.366. The van der Waals surface area contributed by atoms with Crippen molar-refractivity contribution >= 4 is 23.6 Å². The van der Waals surface area contributed by atoms with E-state index < -0.39 is 42.2 Å². The molecule has 0 aliphatic heterocycles. The smallest absolute Gasteiger partial charge is 0.408 e. The topological polar surface area (TPSA) is 128 Å². The summed E-state index contributed by atoms with van der Waals surface area (Å²) < 4.78 is 5.14. The van der Waals surface area contributed by atoms with Gasteiger partial charge in [-0.2, -0.15) is 0 Å². The number of nitrogens with one attached hydrogen (secondary N) is 2. The van der Waals surface area contributed by atoms with E-state index in [0.717, 1.165) is 10.5 Å². The van der Waals surface area contributed by atoms with Crippen LogP contribution in [0, 0.1) is 19.4 Å². The van der Waals surface area contributed by atoms with Gasteiger partial charge in [-0.3, -0.25) is 14.5 Å². The molecule has 0 bridgehead atoms. The first-order valence-corrected chi connectivity index (χ1v) is 10.5. The fourth-order valence-electron chi connectivity index (χ4n) is 3.10. The van der Waals surface area contributed by atoms with Gasteiger partial charge in [-0.05, 0) is 57.0 Å². The third-order valence-electron chi connectivity index (χ3n) is 4.64. The monoisotopic (exact) mass is 467 g/mol. The molecule has 2 unspecified atom stereocenters. The number of ether oxygens (including phenoxy) is 1.